The van der Waals surface area contributed by atoms with Gasteiger partial charge in [0, 0.05) is 6.61 Å². The Hall–Kier alpha value is 0.0500. The zero-order valence-electron chi connectivity index (χ0n) is 4.42. The van der Waals surface area contributed by atoms with Crippen molar-refractivity contribution in [3.05, 3.63) is 11.5 Å². The molecule has 0 aromatic rings. The average Bonchev–Trinajstić information content (AvgIpc) is 1.69. The number of aliphatic hydroxyl groups is 1. The fourth-order valence-electron chi connectivity index (χ4n) is 0.239. The largest absolute Gasteiger partial charge is 0.396 e. The summed E-state index contributed by atoms with van der Waals surface area (Å²) in [6.07, 6.45) is 4.72. The molecule has 0 rings (SSSR count). The van der Waals surface area contributed by atoms with E-state index in [0.717, 1.165) is 6.42 Å². The molecule has 0 fully saturated rings. The van der Waals surface area contributed by atoms with Gasteiger partial charge in [-0.05, 0) is 18.1 Å². The van der Waals surface area contributed by atoms with Crippen molar-refractivity contribution in [2.24, 2.45) is 0 Å². The first-order valence-electron chi connectivity index (χ1n) is 2.20. The molecular formula is C5H10OS. The van der Waals surface area contributed by atoms with Crippen LogP contribution in [0.15, 0.2) is 11.5 Å². The fraction of sp³-hybridized carbons (Fsp3) is 0.600. The zero-order chi connectivity index (χ0) is 5.54. The van der Waals surface area contributed by atoms with E-state index in [-0.39, 0.29) is 6.61 Å². The molecular weight excluding hydrogens is 108 g/mol. The maximum atomic E-state index is 8.23. The van der Waals surface area contributed by atoms with E-state index in [1.54, 1.807) is 11.8 Å². The van der Waals surface area contributed by atoms with Gasteiger partial charge < -0.3 is 5.11 Å². The van der Waals surface area contributed by atoms with Crippen LogP contribution in [0, 0.1) is 0 Å². The quantitative estimate of drug-likeness (QED) is 0.601. The van der Waals surface area contributed by atoms with Gasteiger partial charge in [-0.25, -0.2) is 0 Å². The van der Waals surface area contributed by atoms with Crippen LogP contribution in [0.3, 0.4) is 0 Å². The summed E-state index contributed by atoms with van der Waals surface area (Å²) in [6.45, 7) is 0.261. The third-order valence-electron chi connectivity index (χ3n) is 0.528. The summed E-state index contributed by atoms with van der Waals surface area (Å²) < 4.78 is 0. The summed E-state index contributed by atoms with van der Waals surface area (Å²) in [5, 5.41) is 10.2. The molecule has 0 saturated heterocycles. The van der Waals surface area contributed by atoms with E-state index in [1.807, 2.05) is 17.7 Å². The smallest absolute Gasteiger partial charge is 0.0465 e. The maximum Gasteiger partial charge on any atom is 0.0465 e. The van der Waals surface area contributed by atoms with Gasteiger partial charge in [-0.3, -0.25) is 0 Å². The Morgan fingerprint density at radius 3 is 2.86 bits per heavy atom. The fourth-order valence-corrected chi connectivity index (χ4v) is 0.567. The molecule has 0 radical (unpaired) electrons. The van der Waals surface area contributed by atoms with Crippen LogP contribution in [0.5, 0.6) is 0 Å². The standard InChI is InChI=1S/C5H10OS/c1-7-5-3-2-4-6/h3,5-6H,2,4H2,1H3/b5-3-. The van der Waals surface area contributed by atoms with Gasteiger partial charge in [0.15, 0.2) is 0 Å². The van der Waals surface area contributed by atoms with E-state index in [1.165, 1.54) is 0 Å². The number of rotatable bonds is 3. The summed E-state index contributed by atoms with van der Waals surface area (Å²) in [7, 11) is 0. The minimum absolute atomic E-state index is 0.261. The molecule has 0 aliphatic carbocycles. The topological polar surface area (TPSA) is 20.2 Å². The van der Waals surface area contributed by atoms with Crippen LogP contribution in [-0.4, -0.2) is 18.0 Å². The first kappa shape index (κ1) is 7.05. The Morgan fingerprint density at radius 1 is 1.71 bits per heavy atom. The second-order valence-corrected chi connectivity index (χ2v) is 1.86. The first-order chi connectivity index (χ1) is 3.41. The van der Waals surface area contributed by atoms with Crippen molar-refractivity contribution in [2.45, 2.75) is 6.42 Å². The Balaban J connectivity index is 2.78. The molecule has 0 spiro atoms. The van der Waals surface area contributed by atoms with Crippen molar-refractivity contribution in [1.29, 1.82) is 0 Å². The molecule has 0 bridgehead atoms. The Morgan fingerprint density at radius 2 is 2.43 bits per heavy atom. The van der Waals surface area contributed by atoms with Crippen molar-refractivity contribution < 1.29 is 5.11 Å². The van der Waals surface area contributed by atoms with E-state index in [2.05, 4.69) is 0 Å². The highest BCUT2D eigenvalue weighted by molar-refractivity contribution is 8.01. The lowest BCUT2D eigenvalue weighted by Crippen LogP contribution is -1.73. The third-order valence-corrected chi connectivity index (χ3v) is 0.993. The van der Waals surface area contributed by atoms with Gasteiger partial charge in [0.25, 0.3) is 0 Å². The van der Waals surface area contributed by atoms with E-state index in [9.17, 15) is 0 Å². The molecule has 0 saturated carbocycles. The summed E-state index contributed by atoms with van der Waals surface area (Å²) in [5.41, 5.74) is 0. The molecule has 7 heavy (non-hydrogen) atoms. The van der Waals surface area contributed by atoms with Gasteiger partial charge in [-0.1, -0.05) is 6.08 Å². The summed E-state index contributed by atoms with van der Waals surface area (Å²) >= 11 is 1.65. The minimum atomic E-state index is 0.261. The Bertz CT molecular complexity index is 52.0. The van der Waals surface area contributed by atoms with Gasteiger partial charge in [-0.2, -0.15) is 0 Å². The number of aliphatic hydroxyl groups excluding tert-OH is 1. The predicted molar refractivity (Wildman–Crippen MR) is 34.4 cm³/mol. The molecule has 1 nitrogen and oxygen atoms in total. The van der Waals surface area contributed by atoms with E-state index < -0.39 is 0 Å². The number of hydrogen-bond donors (Lipinski definition) is 1. The van der Waals surface area contributed by atoms with Gasteiger partial charge in [0.2, 0.25) is 0 Å². The van der Waals surface area contributed by atoms with Gasteiger partial charge >= 0.3 is 0 Å². The van der Waals surface area contributed by atoms with Crippen LogP contribution in [0.25, 0.3) is 0 Å². The van der Waals surface area contributed by atoms with Gasteiger partial charge in [-0.15, -0.1) is 11.8 Å². The van der Waals surface area contributed by atoms with Crippen molar-refractivity contribution in [3.8, 4) is 0 Å². The van der Waals surface area contributed by atoms with Crippen LogP contribution < -0.4 is 0 Å². The molecule has 0 amide bonds. The highest BCUT2D eigenvalue weighted by Crippen LogP contribution is 1.93. The summed E-state index contributed by atoms with van der Waals surface area (Å²) in [4.78, 5) is 0. The monoisotopic (exact) mass is 118 g/mol. The van der Waals surface area contributed by atoms with Crippen LogP contribution >= 0.6 is 11.8 Å². The van der Waals surface area contributed by atoms with Crippen LogP contribution in [0.4, 0.5) is 0 Å². The Labute approximate surface area is 48.4 Å². The van der Waals surface area contributed by atoms with Crippen LogP contribution in [0.1, 0.15) is 6.42 Å². The molecule has 42 valence electrons. The molecule has 0 aromatic heterocycles. The number of hydrogen-bond acceptors (Lipinski definition) is 2. The molecule has 0 aliphatic heterocycles. The highest BCUT2D eigenvalue weighted by atomic mass is 32.2. The summed E-state index contributed by atoms with van der Waals surface area (Å²) in [5.74, 6) is 0. The molecule has 0 unspecified atom stereocenters. The van der Waals surface area contributed by atoms with E-state index >= 15 is 0 Å². The molecule has 1 N–H and O–H groups in total. The predicted octanol–water partition coefficient (Wildman–Crippen LogP) is 1.25. The van der Waals surface area contributed by atoms with Gasteiger partial charge in [0.1, 0.15) is 0 Å². The van der Waals surface area contributed by atoms with Crippen LogP contribution in [0.2, 0.25) is 0 Å². The number of thioether (sulfide) groups is 1. The molecule has 0 aromatic carbocycles. The summed E-state index contributed by atoms with van der Waals surface area (Å²) in [6, 6.07) is 0. The second-order valence-electron chi connectivity index (χ2n) is 1.12. The second kappa shape index (κ2) is 6.05. The van der Waals surface area contributed by atoms with Crippen LogP contribution in [-0.2, 0) is 0 Å². The zero-order valence-corrected chi connectivity index (χ0v) is 5.24. The first-order valence-corrected chi connectivity index (χ1v) is 3.49. The third kappa shape index (κ3) is 6.05. The lowest BCUT2D eigenvalue weighted by molar-refractivity contribution is 0.302. The maximum absolute atomic E-state index is 8.23. The van der Waals surface area contributed by atoms with E-state index in [0.29, 0.717) is 0 Å². The molecule has 0 heterocycles. The molecule has 0 aliphatic rings. The van der Waals surface area contributed by atoms with Crippen molar-refractivity contribution in [3.63, 3.8) is 0 Å². The molecule has 2 heteroatoms. The van der Waals surface area contributed by atoms with Crippen molar-refractivity contribution in [1.82, 2.24) is 0 Å². The van der Waals surface area contributed by atoms with Gasteiger partial charge in [0.05, 0.1) is 0 Å². The molecule has 0 atom stereocenters. The average molecular weight is 118 g/mol. The van der Waals surface area contributed by atoms with Crippen molar-refractivity contribution in [2.75, 3.05) is 12.9 Å². The van der Waals surface area contributed by atoms with Crippen molar-refractivity contribution >= 4 is 11.8 Å². The Kier molecular flexibility index (Phi) is 6.09. The normalized spacial score (nSPS) is 10.6. The lowest BCUT2D eigenvalue weighted by atomic mass is 10.5. The minimum Gasteiger partial charge on any atom is -0.396 e. The SMILES string of the molecule is CS/C=C\CCO. The highest BCUT2D eigenvalue weighted by Gasteiger charge is 1.69. The van der Waals surface area contributed by atoms with E-state index in [4.69, 9.17) is 5.11 Å². The lowest BCUT2D eigenvalue weighted by Gasteiger charge is -1.79.